The van der Waals surface area contributed by atoms with E-state index in [0.29, 0.717) is 0 Å². The van der Waals surface area contributed by atoms with E-state index in [9.17, 15) is 0 Å². The number of thioether (sulfide) groups is 2. The summed E-state index contributed by atoms with van der Waals surface area (Å²) < 4.78 is 0.279. The molecule has 0 fully saturated rings. The third-order valence-electron chi connectivity index (χ3n) is 8.01. The average Bonchev–Trinajstić information content (AvgIpc) is 2.89. The summed E-state index contributed by atoms with van der Waals surface area (Å²) in [5, 5.41) is 8.40. The highest BCUT2D eigenvalue weighted by Crippen LogP contribution is 2.49. The minimum Gasteiger partial charge on any atom is -0.158 e. The van der Waals surface area contributed by atoms with Crippen molar-refractivity contribution in [2.45, 2.75) is 124 Å². The lowest BCUT2D eigenvalue weighted by molar-refractivity contribution is 0.801. The summed E-state index contributed by atoms with van der Waals surface area (Å²) in [7, 11) is 0.213. The Balaban J connectivity index is 2.37. The Morgan fingerprint density at radius 2 is 0.750 bits per heavy atom. The molecule has 0 aliphatic heterocycles. The molecule has 0 bridgehead atoms. The molecule has 5 heteroatoms. The van der Waals surface area contributed by atoms with Crippen LogP contribution in [0.1, 0.15) is 88.6 Å². The van der Waals surface area contributed by atoms with Gasteiger partial charge in [0.1, 0.15) is 0 Å². The van der Waals surface area contributed by atoms with Gasteiger partial charge >= 0.3 is 0 Å². The summed E-state index contributed by atoms with van der Waals surface area (Å²) in [6.07, 6.45) is 7.26. The van der Waals surface area contributed by atoms with Crippen molar-refractivity contribution < 1.29 is 0 Å². The van der Waals surface area contributed by atoms with E-state index in [1.165, 1.54) is 77.0 Å². The molecule has 0 saturated carbocycles. The van der Waals surface area contributed by atoms with Crippen LogP contribution in [0, 0.1) is 6.92 Å². The van der Waals surface area contributed by atoms with Gasteiger partial charge in [-0.3, -0.25) is 0 Å². The van der Waals surface area contributed by atoms with Gasteiger partial charge in [-0.15, -0.1) is 23.5 Å². The molecule has 44 heavy (non-hydrogen) atoms. The molecule has 0 amide bonds. The van der Waals surface area contributed by atoms with Crippen LogP contribution in [0.4, 0.5) is 0 Å². The maximum atomic E-state index is 2.60. The smallest absolute Gasteiger partial charge is 0.0215 e. The molecule has 0 saturated heterocycles. The monoisotopic (exact) mass is 682 g/mol. The Morgan fingerprint density at radius 1 is 0.455 bits per heavy atom. The van der Waals surface area contributed by atoms with E-state index < -0.39 is 0 Å². The van der Waals surface area contributed by atoms with Gasteiger partial charge in [-0.2, -0.15) is 31.5 Å². The van der Waals surface area contributed by atoms with Crippen molar-refractivity contribution in [3.8, 4) is 0 Å². The lowest BCUT2D eigenvalue weighted by atomic mass is 9.93. The maximum absolute atomic E-state index is 2.60. The van der Waals surface area contributed by atoms with E-state index >= 15 is 0 Å². The van der Waals surface area contributed by atoms with Crippen LogP contribution in [0.5, 0.6) is 0 Å². The van der Waals surface area contributed by atoms with Crippen LogP contribution < -0.4 is 0 Å². The normalized spacial score (nSPS) is 14.7. The molecule has 0 heterocycles. The molecule has 3 unspecified atom stereocenters. The van der Waals surface area contributed by atoms with E-state index in [1.807, 2.05) is 23.5 Å². The third kappa shape index (κ3) is 7.59. The summed E-state index contributed by atoms with van der Waals surface area (Å²) in [5.74, 6) is 0. The SMILES string of the molecule is CC(C)=S(C)c1cc2c(cc1SC(C)(C)C)c1cc(C)c(SC(C)(C)C)cc1c1cc(S(C)=C(C)C)c(S(C)=C(C)C)cc21. The molecule has 0 aromatic heterocycles. The van der Waals surface area contributed by atoms with Crippen LogP contribution >= 0.6 is 55.0 Å². The van der Waals surface area contributed by atoms with Crippen molar-refractivity contribution in [2.24, 2.45) is 0 Å². The fraction of sp³-hybridized carbons (Fsp3) is 0.462. The molecule has 0 radical (unpaired) electrons. The van der Waals surface area contributed by atoms with Crippen LogP contribution in [0.3, 0.4) is 0 Å². The van der Waals surface area contributed by atoms with Crippen molar-refractivity contribution in [3.05, 3.63) is 42.0 Å². The van der Waals surface area contributed by atoms with Gasteiger partial charge in [0.2, 0.25) is 0 Å². The lowest BCUT2D eigenvalue weighted by Gasteiger charge is -2.24. The zero-order chi connectivity index (χ0) is 33.0. The molecule has 4 rings (SSSR count). The summed E-state index contributed by atoms with van der Waals surface area (Å²) in [5.41, 5.74) is 1.37. The molecule has 0 aliphatic carbocycles. The first-order chi connectivity index (χ1) is 20.2. The molecule has 0 spiro atoms. The zero-order valence-corrected chi connectivity index (χ0v) is 34.1. The quantitative estimate of drug-likeness (QED) is 0.117. The second-order valence-corrected chi connectivity index (χ2v) is 25.1. The number of aryl methyl sites for hydroxylation is 1. The van der Waals surface area contributed by atoms with Gasteiger partial charge in [0.25, 0.3) is 0 Å². The molecular formula is C39H54S5. The van der Waals surface area contributed by atoms with Gasteiger partial charge in [-0.1, -0.05) is 41.5 Å². The average molecular weight is 683 g/mol. The van der Waals surface area contributed by atoms with Crippen LogP contribution in [0.25, 0.3) is 32.3 Å². The van der Waals surface area contributed by atoms with Crippen molar-refractivity contribution in [1.82, 2.24) is 0 Å². The standard InChI is InChI=1S/C39H54S5/c1-23(2)42(14)35-20-30-29(19-34(35)41-39(11,12)13)27-17-26(7)33(40-38(8,9)10)18-28(27)31-21-36(43(15)24(3)4)37(22-32(30)31)44(16)25(5)6/h17-22H,1-16H3. The van der Waals surface area contributed by atoms with Crippen molar-refractivity contribution in [1.29, 1.82) is 0 Å². The number of hydrogen-bond donors (Lipinski definition) is 0. The second-order valence-electron chi connectivity index (χ2n) is 14.5. The zero-order valence-electron chi connectivity index (χ0n) is 30.0. The minimum atomic E-state index is 0.0653. The highest BCUT2D eigenvalue weighted by molar-refractivity contribution is 8.18. The van der Waals surface area contributed by atoms with Crippen molar-refractivity contribution in [2.75, 3.05) is 18.8 Å². The van der Waals surface area contributed by atoms with Gasteiger partial charge in [-0.25, -0.2) is 0 Å². The Hall–Kier alpha value is -0.980. The third-order valence-corrected chi connectivity index (χ3v) is 17.4. The van der Waals surface area contributed by atoms with E-state index in [-0.39, 0.29) is 40.9 Å². The van der Waals surface area contributed by atoms with Crippen LogP contribution in [0.15, 0.2) is 60.9 Å². The highest BCUT2D eigenvalue weighted by atomic mass is 32.2. The van der Waals surface area contributed by atoms with Crippen LogP contribution in [-0.4, -0.2) is 42.9 Å². The summed E-state index contributed by atoms with van der Waals surface area (Å²) in [4.78, 5) is 11.8. The van der Waals surface area contributed by atoms with Crippen LogP contribution in [0.2, 0.25) is 0 Å². The summed E-state index contributed by atoms with van der Waals surface area (Å²) in [6, 6.07) is 15.3. The Morgan fingerprint density at radius 3 is 1.14 bits per heavy atom. The molecule has 4 aromatic rings. The van der Waals surface area contributed by atoms with E-state index in [2.05, 4.69) is 145 Å². The summed E-state index contributed by atoms with van der Waals surface area (Å²) in [6.45, 7) is 30.1. The molecule has 0 N–H and O–H groups in total. The Labute approximate surface area is 284 Å². The van der Waals surface area contributed by atoms with E-state index in [1.54, 1.807) is 0 Å². The van der Waals surface area contributed by atoms with E-state index in [0.717, 1.165) is 0 Å². The maximum Gasteiger partial charge on any atom is 0.0215 e. The molecule has 4 aromatic carbocycles. The molecular weight excluding hydrogens is 629 g/mol. The van der Waals surface area contributed by atoms with E-state index in [4.69, 9.17) is 0 Å². The minimum absolute atomic E-state index is 0.0653. The number of fused-ring (bicyclic) bond motifs is 6. The molecule has 3 atom stereocenters. The van der Waals surface area contributed by atoms with Gasteiger partial charge < -0.3 is 0 Å². The predicted octanol–water partition coefficient (Wildman–Crippen LogP) is 13.6. The van der Waals surface area contributed by atoms with Crippen molar-refractivity contribution >= 4 is 102 Å². The highest BCUT2D eigenvalue weighted by Gasteiger charge is 2.22. The van der Waals surface area contributed by atoms with Gasteiger partial charge in [0, 0.05) is 34.0 Å². The first-order valence-electron chi connectivity index (χ1n) is 15.5. The Kier molecular flexibility index (Phi) is 10.8. The summed E-state index contributed by atoms with van der Waals surface area (Å²) >= 11 is 4.02. The van der Waals surface area contributed by atoms with Gasteiger partial charge in [-0.05, 0) is 156 Å². The fourth-order valence-corrected chi connectivity index (χ4v) is 12.0. The first kappa shape index (κ1) is 35.9. The largest absolute Gasteiger partial charge is 0.158 e. The molecule has 0 nitrogen and oxygen atoms in total. The molecule has 240 valence electrons. The first-order valence-corrected chi connectivity index (χ1v) is 22.0. The second kappa shape index (κ2) is 13.3. The Bertz CT molecular complexity index is 1870. The van der Waals surface area contributed by atoms with Gasteiger partial charge in [0.05, 0.1) is 0 Å². The predicted molar refractivity (Wildman–Crippen MR) is 219 cm³/mol. The molecule has 0 aliphatic rings. The van der Waals surface area contributed by atoms with Crippen LogP contribution in [-0.2, 0) is 0 Å². The number of rotatable bonds is 5. The van der Waals surface area contributed by atoms with Gasteiger partial charge in [0.15, 0.2) is 0 Å². The fourth-order valence-electron chi connectivity index (χ4n) is 5.37. The number of hydrogen-bond acceptors (Lipinski definition) is 2. The number of benzene rings is 4. The lowest BCUT2D eigenvalue weighted by Crippen LogP contribution is -2.07. The topological polar surface area (TPSA) is 0 Å². The van der Waals surface area contributed by atoms with Crippen molar-refractivity contribution in [3.63, 3.8) is 0 Å².